The number of carbonyl (C=O) groups excluding carboxylic acids is 1. The number of Topliss-reactive ketones (excluding diaryl/α,β-unsaturated/α-hetero) is 1. The first-order chi connectivity index (χ1) is 7.47. The van der Waals surface area contributed by atoms with Gasteiger partial charge >= 0.3 is 72.2 Å². The first-order valence-electron chi connectivity index (χ1n) is 5.42. The summed E-state index contributed by atoms with van der Waals surface area (Å²) >= 11 is -1.84. The third-order valence-corrected chi connectivity index (χ3v) is 7.37. The van der Waals surface area contributed by atoms with Crippen molar-refractivity contribution in [3.8, 4) is 0 Å². The molecule has 0 radical (unpaired) electrons. The van der Waals surface area contributed by atoms with Gasteiger partial charge in [0.2, 0.25) is 0 Å². The van der Waals surface area contributed by atoms with Crippen molar-refractivity contribution in [1.82, 2.24) is 0 Å². The number of ketones is 1. The van der Waals surface area contributed by atoms with E-state index in [9.17, 15) is 9.59 Å². The zero-order chi connectivity index (χ0) is 13.0. The molecule has 0 fully saturated rings. The summed E-state index contributed by atoms with van der Waals surface area (Å²) in [4.78, 5) is 19.5. The van der Waals surface area contributed by atoms with Crippen molar-refractivity contribution < 1.29 is 20.4 Å². The Hall–Kier alpha value is -0.0699. The second-order valence-corrected chi connectivity index (χ2v) is 9.71. The first-order valence-corrected chi connectivity index (χ1v) is 10.4. The predicted octanol–water partition coefficient (Wildman–Crippen LogP) is 1.62. The van der Waals surface area contributed by atoms with Crippen LogP contribution in [-0.4, -0.2) is 52.4 Å². The average Bonchev–Trinajstić information content (AvgIpc) is 2.16. The Bertz CT molecular complexity index is 178. The van der Waals surface area contributed by atoms with Gasteiger partial charge in [-0.05, 0) is 6.92 Å². The molecule has 5 nitrogen and oxygen atoms in total. The van der Waals surface area contributed by atoms with Crippen LogP contribution in [0.15, 0.2) is 0 Å². The standard InChI is InChI=1S/C4H6O3.2C2H5O.C2H5.In/c1-3(5)2-4(6)7;2*1-2-3;1-2;/h2H2,1H3,(H,6,7);2*2H2,1H3;1H2,2H3;/q;2*-1;;+2. The molecule has 0 aromatic carbocycles. The van der Waals surface area contributed by atoms with Crippen LogP contribution in [0.3, 0.4) is 0 Å². The van der Waals surface area contributed by atoms with E-state index < -0.39 is 28.3 Å². The summed E-state index contributed by atoms with van der Waals surface area (Å²) in [7, 11) is 0. The molecule has 0 heterocycles. The topological polar surface area (TPSA) is 72.8 Å². The fourth-order valence-corrected chi connectivity index (χ4v) is 4.61. The third-order valence-electron chi connectivity index (χ3n) is 1.44. The van der Waals surface area contributed by atoms with Gasteiger partial charge in [0.1, 0.15) is 12.2 Å². The van der Waals surface area contributed by atoms with Gasteiger partial charge in [0.05, 0.1) is 0 Å². The van der Waals surface area contributed by atoms with E-state index in [4.69, 9.17) is 10.8 Å². The second kappa shape index (κ2) is 13.0. The maximum absolute atomic E-state index is 9.87. The monoisotopic (exact) mass is 336 g/mol. The maximum atomic E-state index is 9.87. The molecule has 0 aromatic rings. The van der Waals surface area contributed by atoms with Gasteiger partial charge in [-0.15, -0.1) is 0 Å². The van der Waals surface area contributed by atoms with Gasteiger partial charge in [0.15, 0.2) is 0 Å². The first kappa shape index (κ1) is 18.3. The Morgan fingerprint density at radius 2 is 1.56 bits per heavy atom. The minimum absolute atomic E-state index is 0.312. The van der Waals surface area contributed by atoms with Crippen LogP contribution in [-0.2, 0) is 15.3 Å². The van der Waals surface area contributed by atoms with Crippen LogP contribution in [0.2, 0.25) is 4.18 Å². The molecule has 94 valence electrons. The third kappa shape index (κ3) is 16.4. The van der Waals surface area contributed by atoms with Crippen molar-refractivity contribution in [2.75, 3.05) is 13.2 Å². The van der Waals surface area contributed by atoms with Crippen molar-refractivity contribution in [2.45, 2.75) is 38.3 Å². The molecule has 6 heteroatoms. The minimum atomic E-state index is -1.84. The summed E-state index contributed by atoms with van der Waals surface area (Å²) in [5.41, 5.74) is 0. The molecule has 0 atom stereocenters. The number of carboxylic acids is 1. The van der Waals surface area contributed by atoms with Crippen LogP contribution < -0.4 is 0 Å². The van der Waals surface area contributed by atoms with E-state index in [0.29, 0.717) is 0 Å². The number of carboxylic acid groups (broad SMARTS) is 1. The summed E-state index contributed by atoms with van der Waals surface area (Å²) in [5.74, 6) is -1.37. The van der Waals surface area contributed by atoms with Gasteiger partial charge in [-0.1, -0.05) is 0 Å². The van der Waals surface area contributed by atoms with E-state index >= 15 is 0 Å². The molecular weight excluding hydrogens is 315 g/mol. The van der Waals surface area contributed by atoms with Crippen molar-refractivity contribution in [3.63, 3.8) is 0 Å². The van der Waals surface area contributed by atoms with Gasteiger partial charge in [0, 0.05) is 0 Å². The van der Waals surface area contributed by atoms with Crippen molar-refractivity contribution in [3.05, 3.63) is 0 Å². The van der Waals surface area contributed by atoms with Crippen molar-refractivity contribution >= 4 is 34.1 Å². The molecule has 16 heavy (non-hydrogen) atoms. The van der Waals surface area contributed by atoms with Gasteiger partial charge in [-0.2, -0.15) is 0 Å². The Balaban J connectivity index is 0. The number of carbonyl (C=O) groups is 2. The number of hydrogen-bond acceptors (Lipinski definition) is 4. The van der Waals surface area contributed by atoms with Crippen LogP contribution in [0.5, 0.6) is 0 Å². The molecule has 0 spiro atoms. The number of hydrogen-bond donors (Lipinski definition) is 1. The van der Waals surface area contributed by atoms with Crippen LogP contribution in [0.4, 0.5) is 0 Å². The Morgan fingerprint density at radius 3 is 1.69 bits per heavy atom. The van der Waals surface area contributed by atoms with E-state index in [2.05, 4.69) is 6.92 Å². The second-order valence-electron chi connectivity index (χ2n) is 3.02. The summed E-state index contributed by atoms with van der Waals surface area (Å²) in [6, 6.07) is 0. The predicted molar refractivity (Wildman–Crippen MR) is 62.4 cm³/mol. The zero-order valence-electron chi connectivity index (χ0n) is 10.5. The Kier molecular flexibility index (Phi) is 14.9. The van der Waals surface area contributed by atoms with E-state index in [0.717, 1.165) is 17.4 Å². The molecule has 0 unspecified atom stereocenters. The quantitative estimate of drug-likeness (QED) is 0.716. The molecule has 0 bridgehead atoms. The SMILES string of the molecule is CC(=O)CC(=O)O.CC[O][In]([CH2]C)[O]CC. The number of aliphatic carboxylic acids is 1. The average molecular weight is 336 g/mol. The Labute approximate surface area is 106 Å². The van der Waals surface area contributed by atoms with Crippen LogP contribution in [0.1, 0.15) is 34.1 Å². The molecule has 0 aliphatic carbocycles. The fraction of sp³-hybridized carbons (Fsp3) is 0.800. The summed E-state index contributed by atoms with van der Waals surface area (Å²) in [6.07, 6.45) is -0.361. The van der Waals surface area contributed by atoms with Crippen LogP contribution >= 0.6 is 0 Å². The molecule has 0 rings (SSSR count). The number of rotatable bonds is 7. The van der Waals surface area contributed by atoms with E-state index in [1.54, 1.807) is 0 Å². The van der Waals surface area contributed by atoms with Gasteiger partial charge < -0.3 is 5.11 Å². The normalized spacial score (nSPS) is 9.00. The van der Waals surface area contributed by atoms with Crippen molar-refractivity contribution in [1.29, 1.82) is 0 Å². The van der Waals surface area contributed by atoms with Crippen LogP contribution in [0.25, 0.3) is 0 Å². The summed E-state index contributed by atoms with van der Waals surface area (Å²) in [6.45, 7) is 9.10. The van der Waals surface area contributed by atoms with E-state index in [1.165, 1.54) is 6.92 Å². The molecule has 1 N–H and O–H groups in total. The van der Waals surface area contributed by atoms with Gasteiger partial charge in [-0.25, -0.2) is 0 Å². The molecule has 0 aliphatic heterocycles. The van der Waals surface area contributed by atoms with E-state index in [1.807, 2.05) is 13.8 Å². The zero-order valence-corrected chi connectivity index (χ0v) is 13.8. The molecule has 0 saturated carbocycles. The summed E-state index contributed by atoms with van der Waals surface area (Å²) in [5, 5.41) is 7.86. The van der Waals surface area contributed by atoms with Crippen LogP contribution in [0, 0.1) is 0 Å². The Morgan fingerprint density at radius 1 is 1.12 bits per heavy atom. The summed E-state index contributed by atoms with van der Waals surface area (Å²) < 4.78 is 12.0. The fourth-order valence-electron chi connectivity index (χ4n) is 0.869. The van der Waals surface area contributed by atoms with Gasteiger partial charge in [-0.3, -0.25) is 9.59 Å². The van der Waals surface area contributed by atoms with E-state index in [-0.39, 0.29) is 12.2 Å². The molecule has 0 saturated heterocycles. The molecule has 0 amide bonds. The van der Waals surface area contributed by atoms with Gasteiger partial charge in [0.25, 0.3) is 0 Å². The molecular formula is C10H21InO5. The molecule has 0 aromatic heterocycles. The van der Waals surface area contributed by atoms with Crippen molar-refractivity contribution in [2.24, 2.45) is 0 Å². The molecule has 0 aliphatic rings.